The Morgan fingerprint density at radius 3 is 2.57 bits per heavy atom. The van der Waals surface area contributed by atoms with Crippen LogP contribution in [-0.4, -0.2) is 81.2 Å². The van der Waals surface area contributed by atoms with Crippen LogP contribution in [0.1, 0.15) is 50.9 Å². The molecule has 12 nitrogen and oxygen atoms in total. The average molecular weight is 499 g/mol. The Kier molecular flexibility index (Phi) is 6.75. The quantitative estimate of drug-likeness (QED) is 0.240. The fraction of sp³-hybridized carbons (Fsp3) is 0.522. The third-order valence-corrected chi connectivity index (χ3v) is 5.98. The fourth-order valence-corrected chi connectivity index (χ4v) is 3.91. The summed E-state index contributed by atoms with van der Waals surface area (Å²) in [7, 11) is -2.83. The number of esters is 2. The number of phenolic OH excluding ortho intramolecular Hbond substituents is 1. The smallest absolute Gasteiger partial charge is 0.342 e. The van der Waals surface area contributed by atoms with E-state index < -0.39 is 61.4 Å². The van der Waals surface area contributed by atoms with Gasteiger partial charge in [0.05, 0.1) is 11.2 Å². The van der Waals surface area contributed by atoms with Crippen molar-refractivity contribution >= 4 is 17.9 Å². The second kappa shape index (κ2) is 10.6. The van der Waals surface area contributed by atoms with Gasteiger partial charge in [-0.15, -0.1) is 0 Å². The lowest BCUT2D eigenvalue weighted by Crippen LogP contribution is -2.60. The Morgan fingerprint density at radius 2 is 1.91 bits per heavy atom. The van der Waals surface area contributed by atoms with E-state index in [-0.39, 0.29) is 42.7 Å². The number of ether oxygens (including phenoxy) is 4. The number of cyclic esters (lactones) is 1. The average Bonchev–Trinajstić information content (AvgIpc) is 3.21. The van der Waals surface area contributed by atoms with Crippen molar-refractivity contribution in [2.45, 2.75) is 70.4 Å². The van der Waals surface area contributed by atoms with E-state index in [0.29, 0.717) is 16.7 Å². The topological polar surface area (TPSA) is 189 Å². The summed E-state index contributed by atoms with van der Waals surface area (Å²) < 4.78 is 42.3. The number of allylic oxidation sites excluding steroid dienone is 2. The molecule has 35 heavy (non-hydrogen) atoms. The van der Waals surface area contributed by atoms with E-state index in [0.717, 1.165) is 0 Å². The number of phenols is 1. The van der Waals surface area contributed by atoms with Crippen molar-refractivity contribution in [3.8, 4) is 11.5 Å². The number of benzene rings is 1. The first-order valence-corrected chi connectivity index (χ1v) is 10.6. The van der Waals surface area contributed by atoms with Crippen LogP contribution in [0.15, 0.2) is 11.6 Å². The highest BCUT2D eigenvalue weighted by atomic mass is 16.7. The number of carbonyl (C=O) groups excluding carboxylic acids is 2. The fourth-order valence-electron chi connectivity index (χ4n) is 3.91. The van der Waals surface area contributed by atoms with Gasteiger partial charge in [-0.05, 0) is 32.3 Å². The number of rotatable bonds is 8. The van der Waals surface area contributed by atoms with Crippen LogP contribution >= 0.6 is 0 Å². The molecule has 0 saturated carbocycles. The molecule has 0 aromatic heterocycles. The molecule has 2 aliphatic heterocycles. The Bertz CT molecular complexity index is 1150. The van der Waals surface area contributed by atoms with E-state index in [2.05, 4.69) is 0 Å². The standard InChI is InChI=1S/C23H28O12/c1-9(4-6-11-15(25)14-12(8-33-22(14)31)10(2)19(11)32-3)5-7-13(24)34-23-18(28)16(26)17(27)20(35-23)21(29)30/h4,16-18,20,23,25-28H,5-8H2,1-3H3,(H,29,30)/b9-4+/i3D3. The van der Waals surface area contributed by atoms with Gasteiger partial charge in [-0.25, -0.2) is 9.59 Å². The molecular formula is C23H28O12. The van der Waals surface area contributed by atoms with Gasteiger partial charge in [0.25, 0.3) is 0 Å². The lowest BCUT2D eigenvalue weighted by atomic mass is 9.94. The van der Waals surface area contributed by atoms with Gasteiger partial charge < -0.3 is 44.5 Å². The minimum atomic E-state index is -2.83. The summed E-state index contributed by atoms with van der Waals surface area (Å²) in [5.41, 5.74) is 1.23. The SMILES string of the molecule is [2H]C([2H])([2H])Oc1c(C)c2c(c(O)c1C/C=C(\C)CCC(=O)OC1OC(C(=O)O)C(O)C(O)C1O)C(=O)OC2. The molecule has 0 amide bonds. The molecule has 2 aliphatic rings. The number of aliphatic hydroxyl groups excluding tert-OH is 3. The van der Waals surface area contributed by atoms with E-state index in [1.807, 2.05) is 0 Å². The van der Waals surface area contributed by atoms with Crippen LogP contribution in [0.2, 0.25) is 0 Å². The monoisotopic (exact) mass is 499 g/mol. The highest BCUT2D eigenvalue weighted by Gasteiger charge is 2.48. The molecule has 5 unspecified atom stereocenters. The molecule has 5 atom stereocenters. The molecule has 1 aromatic carbocycles. The van der Waals surface area contributed by atoms with Gasteiger partial charge >= 0.3 is 17.9 Å². The van der Waals surface area contributed by atoms with E-state index >= 15 is 0 Å². The third-order valence-electron chi connectivity index (χ3n) is 5.98. The first kappa shape index (κ1) is 22.3. The predicted molar refractivity (Wildman–Crippen MR) is 116 cm³/mol. The van der Waals surface area contributed by atoms with Crippen LogP contribution < -0.4 is 4.74 Å². The number of carboxylic acids is 1. The van der Waals surface area contributed by atoms with Gasteiger partial charge in [0, 0.05) is 17.5 Å². The lowest BCUT2D eigenvalue weighted by Gasteiger charge is -2.37. The number of hydrogen-bond acceptors (Lipinski definition) is 11. The zero-order valence-corrected chi connectivity index (χ0v) is 18.9. The second-order valence-corrected chi connectivity index (χ2v) is 8.29. The maximum atomic E-state index is 12.3. The first-order valence-electron chi connectivity index (χ1n) is 12.1. The predicted octanol–water partition coefficient (Wildman–Crippen LogP) is 0.0840. The number of fused-ring (bicyclic) bond motifs is 1. The Balaban J connectivity index is 1.70. The summed E-state index contributed by atoms with van der Waals surface area (Å²) in [6, 6.07) is 0. The number of carboxylic acid groups (broad SMARTS) is 1. The van der Waals surface area contributed by atoms with Gasteiger partial charge in [0.2, 0.25) is 6.29 Å². The maximum Gasteiger partial charge on any atom is 0.342 e. The van der Waals surface area contributed by atoms with Crippen molar-refractivity contribution in [2.24, 2.45) is 0 Å². The zero-order valence-electron chi connectivity index (χ0n) is 21.9. The molecule has 1 saturated heterocycles. The zero-order chi connectivity index (χ0) is 28.5. The number of aliphatic carboxylic acids is 1. The van der Waals surface area contributed by atoms with Crippen molar-refractivity contribution in [1.82, 2.24) is 0 Å². The molecule has 1 aromatic rings. The molecule has 0 spiro atoms. The largest absolute Gasteiger partial charge is 0.507 e. The summed E-state index contributed by atoms with van der Waals surface area (Å²) in [5, 5.41) is 49.3. The van der Waals surface area contributed by atoms with Crippen molar-refractivity contribution < 1.29 is 63.0 Å². The van der Waals surface area contributed by atoms with E-state index in [1.54, 1.807) is 19.9 Å². The van der Waals surface area contributed by atoms with Crippen LogP contribution in [0.25, 0.3) is 0 Å². The third kappa shape index (κ3) is 5.25. The van der Waals surface area contributed by atoms with Crippen LogP contribution in [0.5, 0.6) is 11.5 Å². The lowest BCUT2D eigenvalue weighted by molar-refractivity contribution is -0.286. The minimum Gasteiger partial charge on any atom is -0.507 e. The van der Waals surface area contributed by atoms with Gasteiger partial charge in [-0.1, -0.05) is 11.6 Å². The van der Waals surface area contributed by atoms with Gasteiger partial charge in [-0.2, -0.15) is 0 Å². The van der Waals surface area contributed by atoms with Crippen LogP contribution in [0.4, 0.5) is 0 Å². The summed E-state index contributed by atoms with van der Waals surface area (Å²) in [4.78, 5) is 35.5. The molecule has 2 heterocycles. The number of carbonyl (C=O) groups is 3. The highest BCUT2D eigenvalue weighted by molar-refractivity contribution is 5.98. The molecule has 192 valence electrons. The van der Waals surface area contributed by atoms with E-state index in [1.165, 1.54) is 0 Å². The normalized spacial score (nSPS) is 27.8. The van der Waals surface area contributed by atoms with Gasteiger partial charge in [0.15, 0.2) is 6.10 Å². The summed E-state index contributed by atoms with van der Waals surface area (Å²) >= 11 is 0. The molecule has 3 rings (SSSR count). The molecule has 12 heteroatoms. The van der Waals surface area contributed by atoms with Crippen molar-refractivity contribution in [1.29, 1.82) is 0 Å². The number of methoxy groups -OCH3 is 1. The Labute approximate surface area is 204 Å². The summed E-state index contributed by atoms with van der Waals surface area (Å²) in [6.45, 7) is 3.05. The van der Waals surface area contributed by atoms with Crippen LogP contribution in [0.3, 0.4) is 0 Å². The second-order valence-electron chi connectivity index (χ2n) is 8.29. The maximum absolute atomic E-state index is 12.3. The first-order chi connectivity index (χ1) is 17.6. The molecule has 1 fully saturated rings. The molecule has 0 aliphatic carbocycles. The number of aliphatic hydroxyl groups is 3. The molecule has 5 N–H and O–H groups in total. The van der Waals surface area contributed by atoms with Gasteiger partial charge in [-0.3, -0.25) is 4.79 Å². The Hall–Kier alpha value is -3.19. The summed E-state index contributed by atoms with van der Waals surface area (Å²) in [6.07, 6.45) is -8.11. The van der Waals surface area contributed by atoms with E-state index in [9.17, 15) is 34.8 Å². The summed E-state index contributed by atoms with van der Waals surface area (Å²) in [5.74, 6) is -3.85. The van der Waals surface area contributed by atoms with Crippen molar-refractivity contribution in [2.75, 3.05) is 7.04 Å². The minimum absolute atomic E-state index is 0.0455. The van der Waals surface area contributed by atoms with E-state index in [4.69, 9.17) is 28.2 Å². The highest BCUT2D eigenvalue weighted by Crippen LogP contribution is 2.42. The van der Waals surface area contributed by atoms with Gasteiger partial charge in [0.1, 0.15) is 42.0 Å². The molecular weight excluding hydrogens is 468 g/mol. The van der Waals surface area contributed by atoms with Crippen LogP contribution in [-0.2, 0) is 36.8 Å². The molecule has 0 radical (unpaired) electrons. The van der Waals surface area contributed by atoms with Crippen molar-refractivity contribution in [3.05, 3.63) is 33.9 Å². The number of aromatic hydroxyl groups is 1. The number of hydrogen-bond donors (Lipinski definition) is 5. The Morgan fingerprint density at radius 1 is 1.20 bits per heavy atom. The molecule has 0 bridgehead atoms. The van der Waals surface area contributed by atoms with Crippen molar-refractivity contribution in [3.63, 3.8) is 0 Å². The van der Waals surface area contributed by atoms with Crippen LogP contribution in [0, 0.1) is 6.92 Å².